The molecule has 0 radical (unpaired) electrons. The number of nitrogens with two attached hydrogens (primary N) is 1. The van der Waals surface area contributed by atoms with Crippen LogP contribution in [0.4, 0.5) is 5.69 Å². The molecule has 0 atom stereocenters. The highest BCUT2D eigenvalue weighted by molar-refractivity contribution is 6.40. The first-order chi connectivity index (χ1) is 9.56. The molecule has 4 nitrogen and oxygen atoms in total. The van der Waals surface area contributed by atoms with E-state index >= 15 is 0 Å². The number of Topliss-reactive ketones (excluding diaryl/α,β-unsaturated/α-hetero) is 1. The van der Waals surface area contributed by atoms with Crippen LogP contribution in [0.5, 0.6) is 0 Å². The van der Waals surface area contributed by atoms with Crippen LogP contribution in [-0.4, -0.2) is 11.8 Å². The maximum Gasteiger partial charge on any atom is 0.380 e. The molecule has 20 heavy (non-hydrogen) atoms. The van der Waals surface area contributed by atoms with Crippen LogP contribution in [0.1, 0.15) is 21.5 Å². The van der Waals surface area contributed by atoms with Crippen molar-refractivity contribution in [3.63, 3.8) is 0 Å². The molecule has 0 bridgehead atoms. The molecule has 0 fully saturated rings. The van der Waals surface area contributed by atoms with Crippen LogP contribution in [0.2, 0.25) is 0 Å². The lowest BCUT2D eigenvalue weighted by atomic mass is 10.1. The summed E-state index contributed by atoms with van der Waals surface area (Å²) in [6.07, 6.45) is 0. The maximum absolute atomic E-state index is 11.9. The molecule has 0 amide bonds. The minimum Gasteiger partial charge on any atom is -0.455 e. The topological polar surface area (TPSA) is 69.4 Å². The largest absolute Gasteiger partial charge is 0.455 e. The van der Waals surface area contributed by atoms with E-state index in [9.17, 15) is 9.59 Å². The second kappa shape index (κ2) is 6.02. The number of ether oxygens (including phenoxy) is 1. The Morgan fingerprint density at radius 2 is 1.80 bits per heavy atom. The molecule has 2 rings (SSSR count). The highest BCUT2D eigenvalue weighted by Gasteiger charge is 2.18. The van der Waals surface area contributed by atoms with E-state index in [-0.39, 0.29) is 12.2 Å². The zero-order valence-electron chi connectivity index (χ0n) is 11.1. The highest BCUT2D eigenvalue weighted by Crippen LogP contribution is 2.13. The van der Waals surface area contributed by atoms with Gasteiger partial charge >= 0.3 is 5.97 Å². The second-order valence-corrected chi connectivity index (χ2v) is 4.52. The Bertz CT molecular complexity index is 615. The molecule has 4 heteroatoms. The van der Waals surface area contributed by atoms with Gasteiger partial charge in [0, 0.05) is 11.3 Å². The minimum atomic E-state index is -0.876. The standard InChI is InChI=1S/C16H15NO3/c1-11-7-13(9-14(17)8-11)15(18)16(19)20-10-12-5-3-2-4-6-12/h2-9H,10,17H2,1H3. The summed E-state index contributed by atoms with van der Waals surface area (Å²) in [7, 11) is 0. The number of nitrogen functional groups attached to an aromatic ring is 1. The Labute approximate surface area is 117 Å². The Morgan fingerprint density at radius 1 is 1.10 bits per heavy atom. The Morgan fingerprint density at radius 3 is 2.45 bits per heavy atom. The van der Waals surface area contributed by atoms with Crippen molar-refractivity contribution in [3.8, 4) is 0 Å². The molecule has 2 aromatic rings. The van der Waals surface area contributed by atoms with Gasteiger partial charge in [0.05, 0.1) is 0 Å². The molecular weight excluding hydrogens is 254 g/mol. The smallest absolute Gasteiger partial charge is 0.380 e. The lowest BCUT2D eigenvalue weighted by Crippen LogP contribution is -2.17. The molecule has 0 saturated heterocycles. The van der Waals surface area contributed by atoms with Crippen molar-refractivity contribution < 1.29 is 14.3 Å². The predicted octanol–water partition coefficient (Wildman–Crippen LogP) is 2.50. The first-order valence-electron chi connectivity index (χ1n) is 6.19. The van der Waals surface area contributed by atoms with E-state index in [1.54, 1.807) is 12.1 Å². The summed E-state index contributed by atoms with van der Waals surface area (Å²) in [4.78, 5) is 23.7. The highest BCUT2D eigenvalue weighted by atomic mass is 16.5. The summed E-state index contributed by atoms with van der Waals surface area (Å²) in [5.41, 5.74) is 8.01. The fraction of sp³-hybridized carbons (Fsp3) is 0.125. The molecule has 0 aliphatic carbocycles. The maximum atomic E-state index is 11.9. The van der Waals surface area contributed by atoms with E-state index < -0.39 is 11.8 Å². The number of hydrogen-bond acceptors (Lipinski definition) is 4. The molecule has 0 aliphatic rings. The monoisotopic (exact) mass is 269 g/mol. The van der Waals surface area contributed by atoms with Gasteiger partial charge in [0.25, 0.3) is 5.78 Å². The number of ketones is 1. The zero-order chi connectivity index (χ0) is 14.5. The molecule has 0 saturated carbocycles. The number of esters is 1. The number of rotatable bonds is 4. The van der Waals surface area contributed by atoms with E-state index in [0.717, 1.165) is 11.1 Å². The Hall–Kier alpha value is -2.62. The van der Waals surface area contributed by atoms with E-state index in [2.05, 4.69) is 0 Å². The van der Waals surface area contributed by atoms with Gasteiger partial charge in [0.2, 0.25) is 0 Å². The number of benzene rings is 2. The van der Waals surface area contributed by atoms with E-state index in [4.69, 9.17) is 10.5 Å². The van der Waals surface area contributed by atoms with Crippen LogP contribution in [0.3, 0.4) is 0 Å². The van der Waals surface area contributed by atoms with E-state index in [1.807, 2.05) is 37.3 Å². The van der Waals surface area contributed by atoms with Crippen molar-refractivity contribution in [1.82, 2.24) is 0 Å². The summed E-state index contributed by atoms with van der Waals surface area (Å²) in [6, 6.07) is 14.0. The lowest BCUT2D eigenvalue weighted by molar-refractivity contribution is -0.139. The lowest BCUT2D eigenvalue weighted by Gasteiger charge is -2.05. The third kappa shape index (κ3) is 3.45. The molecular formula is C16H15NO3. The number of hydrogen-bond donors (Lipinski definition) is 1. The normalized spacial score (nSPS) is 10.1. The van der Waals surface area contributed by atoms with Crippen LogP contribution in [-0.2, 0) is 16.1 Å². The minimum absolute atomic E-state index is 0.0761. The summed E-state index contributed by atoms with van der Waals surface area (Å²) >= 11 is 0. The summed E-state index contributed by atoms with van der Waals surface area (Å²) in [5, 5.41) is 0. The van der Waals surface area contributed by atoms with Crippen LogP contribution in [0.25, 0.3) is 0 Å². The Kier molecular flexibility index (Phi) is 4.15. The fourth-order valence-electron chi connectivity index (χ4n) is 1.85. The molecule has 2 aromatic carbocycles. The van der Waals surface area contributed by atoms with Gasteiger partial charge in [-0.05, 0) is 36.2 Å². The average Bonchev–Trinajstić information content (AvgIpc) is 2.44. The quantitative estimate of drug-likeness (QED) is 0.401. The molecule has 0 unspecified atom stereocenters. The van der Waals surface area contributed by atoms with E-state index in [0.29, 0.717) is 5.69 Å². The van der Waals surface area contributed by atoms with Crippen LogP contribution in [0.15, 0.2) is 48.5 Å². The second-order valence-electron chi connectivity index (χ2n) is 4.52. The van der Waals surface area contributed by atoms with Crippen LogP contribution in [0, 0.1) is 6.92 Å². The summed E-state index contributed by atoms with van der Waals surface area (Å²) in [5.74, 6) is -1.56. The molecule has 102 valence electrons. The fourth-order valence-corrected chi connectivity index (χ4v) is 1.85. The van der Waals surface area contributed by atoms with Gasteiger partial charge in [-0.15, -0.1) is 0 Å². The summed E-state index contributed by atoms with van der Waals surface area (Å²) in [6.45, 7) is 1.88. The summed E-state index contributed by atoms with van der Waals surface area (Å²) < 4.78 is 4.99. The van der Waals surface area contributed by atoms with E-state index in [1.165, 1.54) is 6.07 Å². The predicted molar refractivity (Wildman–Crippen MR) is 76.2 cm³/mol. The van der Waals surface area contributed by atoms with Gasteiger partial charge in [0.1, 0.15) is 6.61 Å². The molecule has 0 spiro atoms. The van der Waals surface area contributed by atoms with Gasteiger partial charge in [-0.1, -0.05) is 30.3 Å². The molecule has 2 N–H and O–H groups in total. The van der Waals surface area contributed by atoms with Crippen LogP contribution >= 0.6 is 0 Å². The number of carbonyl (C=O) groups is 2. The number of carbonyl (C=O) groups excluding carboxylic acids is 2. The van der Waals surface area contributed by atoms with Gasteiger partial charge in [-0.3, -0.25) is 4.79 Å². The first kappa shape index (κ1) is 13.8. The third-order valence-electron chi connectivity index (χ3n) is 2.76. The van der Waals surface area contributed by atoms with Crippen molar-refractivity contribution in [2.75, 3.05) is 5.73 Å². The first-order valence-corrected chi connectivity index (χ1v) is 6.19. The molecule has 0 aliphatic heterocycles. The van der Waals surface area contributed by atoms with Crippen LogP contribution < -0.4 is 5.73 Å². The van der Waals surface area contributed by atoms with Gasteiger partial charge < -0.3 is 10.5 Å². The average molecular weight is 269 g/mol. The number of anilines is 1. The third-order valence-corrected chi connectivity index (χ3v) is 2.76. The van der Waals surface area contributed by atoms with Crippen molar-refractivity contribution in [3.05, 3.63) is 65.2 Å². The van der Waals surface area contributed by atoms with Crippen molar-refractivity contribution in [1.29, 1.82) is 0 Å². The Balaban J connectivity index is 2.03. The van der Waals surface area contributed by atoms with Gasteiger partial charge in [-0.2, -0.15) is 0 Å². The van der Waals surface area contributed by atoms with Crippen molar-refractivity contribution >= 4 is 17.4 Å². The zero-order valence-corrected chi connectivity index (χ0v) is 11.1. The SMILES string of the molecule is Cc1cc(N)cc(C(=O)C(=O)OCc2ccccc2)c1. The van der Waals surface area contributed by atoms with Crippen molar-refractivity contribution in [2.24, 2.45) is 0 Å². The molecule has 0 aromatic heterocycles. The van der Waals surface area contributed by atoms with Gasteiger partial charge in [-0.25, -0.2) is 4.79 Å². The van der Waals surface area contributed by atoms with Crippen molar-refractivity contribution in [2.45, 2.75) is 13.5 Å². The number of aryl methyl sites for hydroxylation is 1. The molecule has 0 heterocycles. The van der Waals surface area contributed by atoms with Gasteiger partial charge in [0.15, 0.2) is 0 Å².